The first kappa shape index (κ1) is 13.9. The Bertz CT molecular complexity index is 379. The van der Waals surface area contributed by atoms with E-state index in [1.165, 1.54) is 0 Å². The van der Waals surface area contributed by atoms with Crippen molar-refractivity contribution in [2.45, 2.75) is 6.42 Å². The molecule has 19 heavy (non-hydrogen) atoms. The topological polar surface area (TPSA) is 70.5 Å². The normalized spacial score (nSPS) is 16.2. The molecule has 1 fully saturated rings. The highest BCUT2D eigenvalue weighted by Gasteiger charge is 2.09. The summed E-state index contributed by atoms with van der Waals surface area (Å²) in [7, 11) is 0. The highest BCUT2D eigenvalue weighted by atomic mass is 16.6. The SMILES string of the molecule is N=C(NOCCCN1CCOCC1)c1cccnc1. The standard InChI is InChI=1S/C13H20N4O2/c14-13(12-3-1-4-15-11-12)16-19-8-2-5-17-6-9-18-10-7-17/h1,3-4,11H,2,5-10H2,(H2,14,16). The second-order valence-electron chi connectivity index (χ2n) is 4.37. The maximum atomic E-state index is 7.76. The molecule has 0 amide bonds. The monoisotopic (exact) mass is 264 g/mol. The molecule has 2 N–H and O–H groups in total. The first-order valence-electron chi connectivity index (χ1n) is 6.53. The molecule has 0 radical (unpaired) electrons. The van der Waals surface area contributed by atoms with Gasteiger partial charge in [0, 0.05) is 37.6 Å². The fourth-order valence-corrected chi connectivity index (χ4v) is 1.88. The number of amidine groups is 1. The summed E-state index contributed by atoms with van der Waals surface area (Å²) in [5.74, 6) is 0.236. The lowest BCUT2D eigenvalue weighted by molar-refractivity contribution is 0.0272. The van der Waals surface area contributed by atoms with Crippen molar-refractivity contribution in [1.82, 2.24) is 15.4 Å². The average Bonchev–Trinajstić information content (AvgIpc) is 2.49. The highest BCUT2D eigenvalue weighted by molar-refractivity contribution is 5.95. The molecule has 0 spiro atoms. The molecule has 104 valence electrons. The Morgan fingerprint density at radius 3 is 3.05 bits per heavy atom. The van der Waals surface area contributed by atoms with Gasteiger partial charge in [-0.25, -0.2) is 5.48 Å². The molecule has 6 nitrogen and oxygen atoms in total. The fourth-order valence-electron chi connectivity index (χ4n) is 1.88. The van der Waals surface area contributed by atoms with E-state index in [9.17, 15) is 0 Å². The highest BCUT2D eigenvalue weighted by Crippen LogP contribution is 1.98. The van der Waals surface area contributed by atoms with Gasteiger partial charge in [0.25, 0.3) is 0 Å². The molecule has 1 saturated heterocycles. The van der Waals surface area contributed by atoms with Crippen LogP contribution in [0.1, 0.15) is 12.0 Å². The van der Waals surface area contributed by atoms with Crippen LogP contribution in [0.2, 0.25) is 0 Å². The van der Waals surface area contributed by atoms with E-state index in [0.29, 0.717) is 6.61 Å². The van der Waals surface area contributed by atoms with Crippen LogP contribution in [0.3, 0.4) is 0 Å². The van der Waals surface area contributed by atoms with Crippen molar-refractivity contribution >= 4 is 5.84 Å². The molecule has 2 heterocycles. The molecule has 1 aliphatic rings. The smallest absolute Gasteiger partial charge is 0.151 e. The molecule has 1 aromatic rings. The Morgan fingerprint density at radius 1 is 1.47 bits per heavy atom. The van der Waals surface area contributed by atoms with E-state index < -0.39 is 0 Å². The van der Waals surface area contributed by atoms with E-state index in [1.54, 1.807) is 18.5 Å². The fraction of sp³-hybridized carbons (Fsp3) is 0.538. The number of hydrogen-bond donors (Lipinski definition) is 2. The zero-order valence-electron chi connectivity index (χ0n) is 11.0. The summed E-state index contributed by atoms with van der Waals surface area (Å²) < 4.78 is 5.29. The van der Waals surface area contributed by atoms with Crippen LogP contribution in [0.15, 0.2) is 24.5 Å². The molecule has 1 aromatic heterocycles. The lowest BCUT2D eigenvalue weighted by Gasteiger charge is -2.26. The molecule has 6 heteroatoms. The van der Waals surface area contributed by atoms with Gasteiger partial charge in [0.1, 0.15) is 0 Å². The molecule has 0 bridgehead atoms. The van der Waals surface area contributed by atoms with Crippen LogP contribution >= 0.6 is 0 Å². The summed E-state index contributed by atoms with van der Waals surface area (Å²) in [5.41, 5.74) is 3.35. The average molecular weight is 264 g/mol. The maximum Gasteiger partial charge on any atom is 0.151 e. The van der Waals surface area contributed by atoms with E-state index in [0.717, 1.165) is 44.8 Å². The molecule has 0 unspecified atom stereocenters. The van der Waals surface area contributed by atoms with Crippen molar-refractivity contribution in [3.05, 3.63) is 30.1 Å². The Labute approximate surface area is 113 Å². The summed E-state index contributed by atoms with van der Waals surface area (Å²) in [5, 5.41) is 7.76. The van der Waals surface area contributed by atoms with Crippen LogP contribution < -0.4 is 5.48 Å². The van der Waals surface area contributed by atoms with Gasteiger partial charge in [0.2, 0.25) is 0 Å². The van der Waals surface area contributed by atoms with Crippen LogP contribution in [0.4, 0.5) is 0 Å². The number of ether oxygens (including phenoxy) is 1. The van der Waals surface area contributed by atoms with E-state index in [1.807, 2.05) is 6.07 Å². The minimum Gasteiger partial charge on any atom is -0.379 e. The largest absolute Gasteiger partial charge is 0.379 e. The maximum absolute atomic E-state index is 7.76. The van der Waals surface area contributed by atoms with Crippen molar-refractivity contribution in [1.29, 1.82) is 5.41 Å². The first-order chi connectivity index (χ1) is 9.36. The number of pyridine rings is 1. The second kappa shape index (κ2) is 7.83. The zero-order valence-corrected chi connectivity index (χ0v) is 11.0. The molecule has 0 saturated carbocycles. The molecular weight excluding hydrogens is 244 g/mol. The number of hydrogen-bond acceptors (Lipinski definition) is 5. The summed E-state index contributed by atoms with van der Waals surface area (Å²) in [4.78, 5) is 11.6. The van der Waals surface area contributed by atoms with Gasteiger partial charge in [0.15, 0.2) is 5.84 Å². The van der Waals surface area contributed by atoms with Crippen LogP contribution in [0.25, 0.3) is 0 Å². The van der Waals surface area contributed by atoms with Gasteiger partial charge < -0.3 is 4.74 Å². The third-order valence-corrected chi connectivity index (χ3v) is 2.95. The molecule has 0 aromatic carbocycles. The number of aromatic nitrogens is 1. The second-order valence-corrected chi connectivity index (χ2v) is 4.37. The number of nitrogens with zero attached hydrogens (tertiary/aromatic N) is 2. The van der Waals surface area contributed by atoms with Crippen molar-refractivity contribution < 1.29 is 9.57 Å². The third-order valence-electron chi connectivity index (χ3n) is 2.95. The Kier molecular flexibility index (Phi) is 5.74. The van der Waals surface area contributed by atoms with Crippen LogP contribution in [0.5, 0.6) is 0 Å². The Morgan fingerprint density at radius 2 is 2.32 bits per heavy atom. The molecule has 0 atom stereocenters. The summed E-state index contributed by atoms with van der Waals surface area (Å²) in [6, 6.07) is 3.61. The van der Waals surface area contributed by atoms with Gasteiger partial charge >= 0.3 is 0 Å². The Hall–Kier alpha value is -1.50. The molecular formula is C13H20N4O2. The lowest BCUT2D eigenvalue weighted by Crippen LogP contribution is -2.37. The Balaban J connectivity index is 1.55. The van der Waals surface area contributed by atoms with E-state index >= 15 is 0 Å². The van der Waals surface area contributed by atoms with Crippen molar-refractivity contribution in [3.63, 3.8) is 0 Å². The van der Waals surface area contributed by atoms with Gasteiger partial charge in [-0.2, -0.15) is 0 Å². The van der Waals surface area contributed by atoms with Gasteiger partial charge in [-0.1, -0.05) is 0 Å². The zero-order chi connectivity index (χ0) is 13.3. The number of rotatable bonds is 6. The van der Waals surface area contributed by atoms with Crippen LogP contribution in [-0.2, 0) is 9.57 Å². The van der Waals surface area contributed by atoms with Gasteiger partial charge in [0.05, 0.1) is 19.8 Å². The third kappa shape index (κ3) is 4.94. The summed E-state index contributed by atoms with van der Waals surface area (Å²) >= 11 is 0. The van der Waals surface area contributed by atoms with Gasteiger partial charge in [-0.3, -0.25) is 20.1 Å². The molecule has 1 aliphatic heterocycles. The van der Waals surface area contributed by atoms with Crippen molar-refractivity contribution in [2.24, 2.45) is 0 Å². The predicted molar refractivity (Wildman–Crippen MR) is 72.0 cm³/mol. The van der Waals surface area contributed by atoms with Gasteiger partial charge in [-0.05, 0) is 18.6 Å². The van der Waals surface area contributed by atoms with Gasteiger partial charge in [-0.15, -0.1) is 0 Å². The minimum atomic E-state index is 0.236. The van der Waals surface area contributed by atoms with E-state index in [2.05, 4.69) is 15.4 Å². The molecule has 2 rings (SSSR count). The number of nitrogens with one attached hydrogen (secondary N) is 2. The quantitative estimate of drug-likeness (QED) is 0.342. The summed E-state index contributed by atoms with van der Waals surface area (Å²) in [6.45, 7) is 5.23. The minimum absolute atomic E-state index is 0.236. The molecule has 0 aliphatic carbocycles. The van der Waals surface area contributed by atoms with Crippen LogP contribution in [-0.4, -0.2) is 55.2 Å². The van der Waals surface area contributed by atoms with Crippen LogP contribution in [0, 0.1) is 5.41 Å². The predicted octanol–water partition coefficient (Wildman–Crippen LogP) is 0.650. The first-order valence-corrected chi connectivity index (χ1v) is 6.53. The summed E-state index contributed by atoms with van der Waals surface area (Å²) in [6.07, 6.45) is 4.25. The van der Waals surface area contributed by atoms with E-state index in [4.69, 9.17) is 15.0 Å². The van der Waals surface area contributed by atoms with E-state index in [-0.39, 0.29) is 5.84 Å². The number of hydroxylamine groups is 1. The van der Waals surface area contributed by atoms with Crippen molar-refractivity contribution in [2.75, 3.05) is 39.5 Å². The number of morpholine rings is 1. The lowest BCUT2D eigenvalue weighted by atomic mass is 10.3. The van der Waals surface area contributed by atoms with Crippen molar-refractivity contribution in [3.8, 4) is 0 Å².